The smallest absolute Gasteiger partial charge is 0.256 e. The summed E-state index contributed by atoms with van der Waals surface area (Å²) in [6.45, 7) is 0. The number of rotatable bonds is 1. The monoisotopic (exact) mass is 237 g/mol. The van der Waals surface area contributed by atoms with Crippen LogP contribution in [0.5, 0.6) is 0 Å². The largest absolute Gasteiger partial charge is 0.383 e. The first-order valence-corrected chi connectivity index (χ1v) is 5.58. The quantitative estimate of drug-likeness (QED) is 0.681. The third kappa shape index (κ3) is 1.64. The van der Waals surface area contributed by atoms with Crippen molar-refractivity contribution in [3.8, 4) is 11.1 Å². The lowest BCUT2D eigenvalue weighted by Gasteiger charge is -2.04. The molecular formula is C14H11N3O. The molecule has 0 spiro atoms. The Morgan fingerprint density at radius 1 is 1.11 bits per heavy atom. The van der Waals surface area contributed by atoms with Gasteiger partial charge in [-0.05, 0) is 17.7 Å². The minimum atomic E-state index is -0.126. The van der Waals surface area contributed by atoms with Crippen molar-refractivity contribution in [1.82, 2.24) is 9.97 Å². The second kappa shape index (κ2) is 4.00. The van der Waals surface area contributed by atoms with E-state index in [0.29, 0.717) is 16.9 Å². The minimum absolute atomic E-state index is 0.126. The van der Waals surface area contributed by atoms with Crippen LogP contribution >= 0.6 is 0 Å². The molecule has 2 heterocycles. The predicted octanol–water partition coefficient (Wildman–Crippen LogP) is 2.17. The molecule has 0 aliphatic heterocycles. The van der Waals surface area contributed by atoms with Gasteiger partial charge in [0.2, 0.25) is 0 Å². The van der Waals surface area contributed by atoms with Gasteiger partial charge in [-0.2, -0.15) is 0 Å². The van der Waals surface area contributed by atoms with E-state index >= 15 is 0 Å². The number of fused-ring (bicyclic) bond motifs is 1. The molecule has 2 aromatic heterocycles. The second-order valence-corrected chi connectivity index (χ2v) is 4.04. The van der Waals surface area contributed by atoms with E-state index in [9.17, 15) is 4.79 Å². The standard InChI is InChI=1S/C14H11N3O/c15-13-11-8-10(9-4-2-1-3-5-9)14(18)17-12(11)6-7-16-13/h1-8H,(H2,15,16)(H,17,18). The number of benzene rings is 1. The molecule has 18 heavy (non-hydrogen) atoms. The zero-order chi connectivity index (χ0) is 12.5. The number of nitrogens with one attached hydrogen (secondary N) is 1. The van der Waals surface area contributed by atoms with E-state index in [2.05, 4.69) is 9.97 Å². The fourth-order valence-electron chi connectivity index (χ4n) is 1.98. The molecule has 88 valence electrons. The Labute approximate surface area is 103 Å². The fourth-order valence-corrected chi connectivity index (χ4v) is 1.98. The highest BCUT2D eigenvalue weighted by Crippen LogP contribution is 2.21. The molecule has 3 aromatic rings. The van der Waals surface area contributed by atoms with Gasteiger partial charge in [0.05, 0.1) is 5.52 Å². The van der Waals surface area contributed by atoms with Crippen LogP contribution in [0.1, 0.15) is 0 Å². The van der Waals surface area contributed by atoms with E-state index in [1.165, 1.54) is 0 Å². The highest BCUT2D eigenvalue weighted by molar-refractivity contribution is 5.90. The molecule has 0 saturated carbocycles. The molecule has 0 atom stereocenters. The number of pyridine rings is 2. The predicted molar refractivity (Wildman–Crippen MR) is 72.2 cm³/mol. The molecule has 0 radical (unpaired) electrons. The van der Waals surface area contributed by atoms with Crippen LogP contribution in [0, 0.1) is 0 Å². The molecule has 0 unspecified atom stereocenters. The summed E-state index contributed by atoms with van der Waals surface area (Å²) in [5.41, 5.74) is 7.86. The van der Waals surface area contributed by atoms with Gasteiger partial charge in [0, 0.05) is 17.1 Å². The number of nitrogens with two attached hydrogens (primary N) is 1. The van der Waals surface area contributed by atoms with Crippen LogP contribution in [-0.4, -0.2) is 9.97 Å². The molecule has 0 bridgehead atoms. The molecule has 0 aliphatic carbocycles. The highest BCUT2D eigenvalue weighted by Gasteiger charge is 2.07. The lowest BCUT2D eigenvalue weighted by molar-refractivity contribution is 1.28. The summed E-state index contributed by atoms with van der Waals surface area (Å²) in [6.07, 6.45) is 1.58. The first-order valence-electron chi connectivity index (χ1n) is 5.58. The molecule has 0 amide bonds. The van der Waals surface area contributed by atoms with Crippen molar-refractivity contribution in [2.24, 2.45) is 0 Å². The van der Waals surface area contributed by atoms with Gasteiger partial charge >= 0.3 is 0 Å². The number of nitrogens with zero attached hydrogens (tertiary/aromatic N) is 1. The third-order valence-electron chi connectivity index (χ3n) is 2.89. The summed E-state index contributed by atoms with van der Waals surface area (Å²) in [5.74, 6) is 0.418. The van der Waals surface area contributed by atoms with Crippen LogP contribution in [0.25, 0.3) is 22.0 Å². The number of hydrogen-bond donors (Lipinski definition) is 2. The normalized spacial score (nSPS) is 10.7. The number of aromatic amines is 1. The number of H-pyrrole nitrogens is 1. The molecule has 3 N–H and O–H groups in total. The molecule has 1 aromatic carbocycles. The van der Waals surface area contributed by atoms with Crippen molar-refractivity contribution < 1.29 is 0 Å². The maximum absolute atomic E-state index is 12.0. The van der Waals surface area contributed by atoms with E-state index in [-0.39, 0.29) is 5.56 Å². The molecule has 0 saturated heterocycles. The maximum atomic E-state index is 12.0. The number of nitrogen functional groups attached to an aromatic ring is 1. The van der Waals surface area contributed by atoms with Crippen LogP contribution in [0.4, 0.5) is 5.82 Å². The SMILES string of the molecule is Nc1nccc2[nH]c(=O)c(-c3ccccc3)cc12. The van der Waals surface area contributed by atoms with Crippen molar-refractivity contribution in [3.63, 3.8) is 0 Å². The van der Waals surface area contributed by atoms with Crippen LogP contribution in [0.15, 0.2) is 53.5 Å². The molecule has 0 aliphatic rings. The fraction of sp³-hybridized carbons (Fsp3) is 0. The Morgan fingerprint density at radius 3 is 2.67 bits per heavy atom. The number of aromatic nitrogens is 2. The summed E-state index contributed by atoms with van der Waals surface area (Å²) in [6, 6.07) is 13.0. The maximum Gasteiger partial charge on any atom is 0.256 e. The molecular weight excluding hydrogens is 226 g/mol. The molecule has 4 nitrogen and oxygen atoms in total. The summed E-state index contributed by atoms with van der Waals surface area (Å²) >= 11 is 0. The van der Waals surface area contributed by atoms with E-state index in [1.807, 2.05) is 30.3 Å². The first-order chi connectivity index (χ1) is 8.75. The van der Waals surface area contributed by atoms with Crippen molar-refractivity contribution >= 4 is 16.7 Å². The Bertz CT molecular complexity index is 763. The average molecular weight is 237 g/mol. The van der Waals surface area contributed by atoms with Crippen LogP contribution in [0.2, 0.25) is 0 Å². The Balaban J connectivity index is 2.35. The molecule has 4 heteroatoms. The second-order valence-electron chi connectivity index (χ2n) is 4.04. The van der Waals surface area contributed by atoms with Crippen molar-refractivity contribution in [1.29, 1.82) is 0 Å². The molecule has 0 fully saturated rings. The van der Waals surface area contributed by atoms with Gasteiger partial charge in [0.25, 0.3) is 5.56 Å². The van der Waals surface area contributed by atoms with Gasteiger partial charge in [-0.25, -0.2) is 4.98 Å². The van der Waals surface area contributed by atoms with Crippen LogP contribution in [0.3, 0.4) is 0 Å². The van der Waals surface area contributed by atoms with Gasteiger partial charge in [0.15, 0.2) is 0 Å². The Kier molecular flexibility index (Phi) is 2.34. The topological polar surface area (TPSA) is 71.8 Å². The first kappa shape index (κ1) is 10.5. The van der Waals surface area contributed by atoms with E-state index < -0.39 is 0 Å². The van der Waals surface area contributed by atoms with E-state index in [4.69, 9.17) is 5.73 Å². The summed E-state index contributed by atoms with van der Waals surface area (Å²) in [4.78, 5) is 18.9. The van der Waals surface area contributed by atoms with E-state index in [0.717, 1.165) is 10.9 Å². The molecule has 3 rings (SSSR count). The van der Waals surface area contributed by atoms with Crippen molar-refractivity contribution in [2.75, 3.05) is 5.73 Å². The zero-order valence-electron chi connectivity index (χ0n) is 9.55. The zero-order valence-corrected chi connectivity index (χ0v) is 9.55. The lowest BCUT2D eigenvalue weighted by Crippen LogP contribution is -2.09. The minimum Gasteiger partial charge on any atom is -0.383 e. The Hall–Kier alpha value is -2.62. The van der Waals surface area contributed by atoms with Gasteiger partial charge in [-0.1, -0.05) is 30.3 Å². The average Bonchev–Trinajstić information content (AvgIpc) is 2.39. The van der Waals surface area contributed by atoms with Crippen LogP contribution < -0.4 is 11.3 Å². The summed E-state index contributed by atoms with van der Waals surface area (Å²) in [5, 5.41) is 0.760. The van der Waals surface area contributed by atoms with E-state index in [1.54, 1.807) is 18.3 Å². The summed E-state index contributed by atoms with van der Waals surface area (Å²) < 4.78 is 0. The van der Waals surface area contributed by atoms with Gasteiger partial charge in [-0.3, -0.25) is 4.79 Å². The number of anilines is 1. The lowest BCUT2D eigenvalue weighted by atomic mass is 10.1. The van der Waals surface area contributed by atoms with Gasteiger partial charge in [-0.15, -0.1) is 0 Å². The number of hydrogen-bond acceptors (Lipinski definition) is 3. The van der Waals surface area contributed by atoms with Crippen molar-refractivity contribution in [2.45, 2.75) is 0 Å². The van der Waals surface area contributed by atoms with Crippen LogP contribution in [-0.2, 0) is 0 Å². The summed E-state index contributed by atoms with van der Waals surface area (Å²) in [7, 11) is 0. The third-order valence-corrected chi connectivity index (χ3v) is 2.89. The van der Waals surface area contributed by atoms with Crippen molar-refractivity contribution in [3.05, 3.63) is 59.0 Å². The van der Waals surface area contributed by atoms with Gasteiger partial charge in [0.1, 0.15) is 5.82 Å². The highest BCUT2D eigenvalue weighted by atomic mass is 16.1. The van der Waals surface area contributed by atoms with Gasteiger partial charge < -0.3 is 10.7 Å². The Morgan fingerprint density at radius 2 is 1.89 bits per heavy atom.